The molecular weight excluding hydrogens is 351 g/mol. The summed E-state index contributed by atoms with van der Waals surface area (Å²) in [6, 6.07) is 6.43. The number of allylic oxidation sites excluding steroid dienone is 1. The molecular formula is C17H20F3N3OS. The van der Waals surface area contributed by atoms with Crippen LogP contribution in [0.15, 0.2) is 30.5 Å². The summed E-state index contributed by atoms with van der Waals surface area (Å²) >= 11 is 1.36. The van der Waals surface area contributed by atoms with E-state index in [0.29, 0.717) is 11.3 Å². The molecule has 1 rings (SSSR count). The summed E-state index contributed by atoms with van der Waals surface area (Å²) in [5.74, 6) is -0.575. The molecule has 1 aromatic carbocycles. The van der Waals surface area contributed by atoms with Crippen molar-refractivity contribution >= 4 is 23.5 Å². The van der Waals surface area contributed by atoms with E-state index in [4.69, 9.17) is 5.26 Å². The average Bonchev–Trinajstić information content (AvgIpc) is 2.49. The highest BCUT2D eigenvalue weighted by atomic mass is 32.2. The zero-order valence-electron chi connectivity index (χ0n) is 14.3. The third-order valence-corrected chi connectivity index (χ3v) is 3.80. The highest BCUT2D eigenvalue weighted by Crippen LogP contribution is 2.28. The lowest BCUT2D eigenvalue weighted by atomic mass is 10.1. The minimum absolute atomic E-state index is 0.0129. The van der Waals surface area contributed by atoms with E-state index in [0.717, 1.165) is 0 Å². The van der Waals surface area contributed by atoms with Crippen molar-refractivity contribution in [1.82, 2.24) is 5.32 Å². The smallest absolute Gasteiger partial charge is 0.329 e. The van der Waals surface area contributed by atoms with Gasteiger partial charge >= 0.3 is 6.18 Å². The predicted octanol–water partition coefficient (Wildman–Crippen LogP) is 5.00. The number of nitrogens with zero attached hydrogens (tertiary/aromatic N) is 1. The van der Waals surface area contributed by atoms with Gasteiger partial charge in [0, 0.05) is 16.9 Å². The molecule has 2 N–H and O–H groups in total. The van der Waals surface area contributed by atoms with Gasteiger partial charge in [-0.15, -0.1) is 0 Å². The van der Waals surface area contributed by atoms with Crippen molar-refractivity contribution in [1.29, 1.82) is 5.26 Å². The first-order valence-corrected chi connectivity index (χ1v) is 8.27. The Morgan fingerprint density at radius 3 is 2.48 bits per heavy atom. The number of amides is 1. The number of hydrogen-bond donors (Lipinski definition) is 2. The Hall–Kier alpha value is -2.14. The van der Waals surface area contributed by atoms with Gasteiger partial charge in [0.15, 0.2) is 0 Å². The van der Waals surface area contributed by atoms with E-state index in [1.807, 2.05) is 26.8 Å². The van der Waals surface area contributed by atoms with Crippen molar-refractivity contribution in [3.63, 3.8) is 0 Å². The van der Waals surface area contributed by atoms with Crippen LogP contribution in [0.5, 0.6) is 0 Å². The van der Waals surface area contributed by atoms with Crippen LogP contribution in [0, 0.1) is 11.3 Å². The molecule has 0 radical (unpaired) electrons. The standard InChI is InChI=1S/C17H20F3N3OS/c1-11(7-8-17(18,19)20)22-15(24)13-6-5-12(10-21)9-14(13)23-25-16(2,3)4/h5-6,9,23H,1,7-8H2,2-4H3,(H,22,24). The third kappa shape index (κ3) is 7.98. The first-order chi connectivity index (χ1) is 11.4. The topological polar surface area (TPSA) is 64.9 Å². The van der Waals surface area contributed by atoms with Crippen molar-refractivity contribution in [2.24, 2.45) is 0 Å². The molecule has 0 spiro atoms. The maximum atomic E-state index is 12.3. The van der Waals surface area contributed by atoms with E-state index in [9.17, 15) is 18.0 Å². The second-order valence-electron chi connectivity index (χ2n) is 6.36. The molecule has 0 unspecified atom stereocenters. The highest BCUT2D eigenvalue weighted by Gasteiger charge is 2.27. The van der Waals surface area contributed by atoms with Gasteiger partial charge in [-0.05, 0) is 57.3 Å². The molecule has 1 amide bonds. The number of carbonyl (C=O) groups is 1. The maximum Gasteiger partial charge on any atom is 0.389 e. The summed E-state index contributed by atoms with van der Waals surface area (Å²) in [6.45, 7) is 9.37. The Labute approximate surface area is 149 Å². The van der Waals surface area contributed by atoms with Crippen LogP contribution < -0.4 is 10.0 Å². The molecule has 0 saturated heterocycles. The van der Waals surface area contributed by atoms with Crippen LogP contribution in [0.2, 0.25) is 0 Å². The summed E-state index contributed by atoms with van der Waals surface area (Å²) < 4.78 is 39.6. The number of carbonyl (C=O) groups excluding carboxylic acids is 1. The first-order valence-electron chi connectivity index (χ1n) is 7.45. The number of alkyl halides is 3. The van der Waals surface area contributed by atoms with Gasteiger partial charge in [-0.3, -0.25) is 4.79 Å². The van der Waals surface area contributed by atoms with Crippen molar-refractivity contribution in [3.8, 4) is 6.07 Å². The lowest BCUT2D eigenvalue weighted by Gasteiger charge is -2.20. The Kier molecular flexibility index (Phi) is 6.94. The van der Waals surface area contributed by atoms with Crippen LogP contribution in [0.4, 0.5) is 18.9 Å². The fraction of sp³-hybridized carbons (Fsp3) is 0.412. The monoisotopic (exact) mass is 371 g/mol. The minimum atomic E-state index is -4.31. The quantitative estimate of drug-likeness (QED) is 0.691. The van der Waals surface area contributed by atoms with Gasteiger partial charge in [-0.25, -0.2) is 0 Å². The van der Waals surface area contributed by atoms with Gasteiger partial charge < -0.3 is 10.0 Å². The maximum absolute atomic E-state index is 12.3. The third-order valence-electron chi connectivity index (χ3n) is 2.86. The molecule has 136 valence electrons. The van der Waals surface area contributed by atoms with Crippen molar-refractivity contribution < 1.29 is 18.0 Å². The Bertz CT molecular complexity index is 688. The summed E-state index contributed by atoms with van der Waals surface area (Å²) in [4.78, 5) is 12.3. The van der Waals surface area contributed by atoms with Gasteiger partial charge in [-0.1, -0.05) is 6.58 Å². The number of rotatable bonds is 6. The lowest BCUT2D eigenvalue weighted by molar-refractivity contribution is -0.134. The van der Waals surface area contributed by atoms with Crippen LogP contribution in [-0.4, -0.2) is 16.8 Å². The van der Waals surface area contributed by atoms with Gasteiger partial charge in [0.2, 0.25) is 0 Å². The molecule has 0 aliphatic carbocycles. The molecule has 0 aromatic heterocycles. The van der Waals surface area contributed by atoms with Crippen molar-refractivity contribution in [3.05, 3.63) is 41.6 Å². The van der Waals surface area contributed by atoms with Crippen LogP contribution in [0.3, 0.4) is 0 Å². The molecule has 0 aliphatic rings. The Balaban J connectivity index is 2.89. The molecule has 0 heterocycles. The lowest BCUT2D eigenvalue weighted by Crippen LogP contribution is -2.24. The van der Waals surface area contributed by atoms with Crippen LogP contribution in [0.25, 0.3) is 0 Å². The summed E-state index contributed by atoms with van der Waals surface area (Å²) in [7, 11) is 0. The van der Waals surface area contributed by atoms with Crippen LogP contribution in [0.1, 0.15) is 49.5 Å². The molecule has 1 aromatic rings. The van der Waals surface area contributed by atoms with E-state index in [2.05, 4.69) is 16.6 Å². The summed E-state index contributed by atoms with van der Waals surface area (Å²) in [5.41, 5.74) is 0.995. The van der Waals surface area contributed by atoms with Crippen LogP contribution >= 0.6 is 11.9 Å². The van der Waals surface area contributed by atoms with E-state index >= 15 is 0 Å². The average molecular weight is 371 g/mol. The fourth-order valence-electron chi connectivity index (χ4n) is 1.69. The first kappa shape index (κ1) is 20.9. The van der Waals surface area contributed by atoms with Crippen LogP contribution in [-0.2, 0) is 0 Å². The van der Waals surface area contributed by atoms with E-state index in [1.54, 1.807) is 0 Å². The van der Waals surface area contributed by atoms with E-state index in [-0.39, 0.29) is 22.4 Å². The Morgan fingerprint density at radius 1 is 1.32 bits per heavy atom. The predicted molar refractivity (Wildman–Crippen MR) is 94.0 cm³/mol. The SMILES string of the molecule is C=C(CCC(F)(F)F)NC(=O)c1ccc(C#N)cc1NSC(C)(C)C. The molecule has 25 heavy (non-hydrogen) atoms. The largest absolute Gasteiger partial charge is 0.389 e. The molecule has 0 atom stereocenters. The van der Waals surface area contributed by atoms with E-state index < -0.39 is 18.5 Å². The van der Waals surface area contributed by atoms with E-state index in [1.165, 1.54) is 30.1 Å². The van der Waals surface area contributed by atoms with Crippen molar-refractivity contribution in [2.45, 2.75) is 44.5 Å². The normalized spacial score (nSPS) is 11.6. The molecule has 0 aliphatic heterocycles. The molecule has 8 heteroatoms. The Morgan fingerprint density at radius 2 is 1.96 bits per heavy atom. The number of nitriles is 1. The number of nitrogens with one attached hydrogen (secondary N) is 2. The molecule has 0 fully saturated rings. The highest BCUT2D eigenvalue weighted by molar-refractivity contribution is 8.01. The van der Waals surface area contributed by atoms with Crippen molar-refractivity contribution in [2.75, 3.05) is 4.72 Å². The van der Waals surface area contributed by atoms with Gasteiger partial charge in [0.05, 0.1) is 22.9 Å². The molecule has 4 nitrogen and oxygen atoms in total. The second-order valence-corrected chi connectivity index (χ2v) is 7.99. The second kappa shape index (κ2) is 8.30. The minimum Gasteiger partial charge on any atom is -0.329 e. The zero-order valence-corrected chi connectivity index (χ0v) is 15.1. The zero-order chi connectivity index (χ0) is 19.3. The van der Waals surface area contributed by atoms with Gasteiger partial charge in [-0.2, -0.15) is 18.4 Å². The fourth-order valence-corrected chi connectivity index (χ4v) is 2.27. The summed E-state index contributed by atoms with van der Waals surface area (Å²) in [5, 5.41) is 11.4. The molecule has 0 bridgehead atoms. The summed E-state index contributed by atoms with van der Waals surface area (Å²) in [6.07, 6.45) is -5.74. The molecule has 0 saturated carbocycles. The number of benzene rings is 1. The number of anilines is 1. The number of halogens is 3. The number of hydrogen-bond acceptors (Lipinski definition) is 4. The van der Waals surface area contributed by atoms with Gasteiger partial charge in [0.1, 0.15) is 0 Å². The van der Waals surface area contributed by atoms with Gasteiger partial charge in [0.25, 0.3) is 5.91 Å².